The van der Waals surface area contributed by atoms with Gasteiger partial charge >= 0.3 is 5.97 Å². The number of esters is 1. The van der Waals surface area contributed by atoms with Gasteiger partial charge in [0.25, 0.3) is 0 Å². The molecule has 0 aliphatic heterocycles. The number of hydrogen-bond acceptors (Lipinski definition) is 5. The molecule has 0 aliphatic rings. The largest absolute Gasteiger partial charge is 0.466 e. The maximum Gasteiger partial charge on any atom is 0.305 e. The van der Waals surface area contributed by atoms with Crippen molar-refractivity contribution in [3.05, 3.63) is 24.3 Å². The van der Waals surface area contributed by atoms with Crippen LogP contribution in [-0.2, 0) is 14.3 Å². The van der Waals surface area contributed by atoms with Crippen molar-refractivity contribution in [2.75, 3.05) is 13.2 Å². The van der Waals surface area contributed by atoms with Crippen LogP contribution in [0.4, 0.5) is 0 Å². The highest BCUT2D eigenvalue weighted by atomic mass is 16.5. The molecule has 0 fully saturated rings. The van der Waals surface area contributed by atoms with Crippen molar-refractivity contribution in [3.8, 4) is 0 Å². The molecule has 330 valence electrons. The fourth-order valence-corrected chi connectivity index (χ4v) is 7.39. The monoisotopic (exact) mass is 790 g/mol. The lowest BCUT2D eigenvalue weighted by Crippen LogP contribution is -2.45. The van der Waals surface area contributed by atoms with Crippen LogP contribution in [0, 0.1) is 0 Å². The van der Waals surface area contributed by atoms with Crippen LogP contribution in [0.15, 0.2) is 24.3 Å². The predicted octanol–water partition coefficient (Wildman–Crippen LogP) is 14.3. The van der Waals surface area contributed by atoms with Crippen LogP contribution in [-0.4, -0.2) is 47.4 Å². The fourth-order valence-electron chi connectivity index (χ4n) is 7.39. The molecule has 0 rings (SSSR count). The molecule has 0 aliphatic carbocycles. The van der Waals surface area contributed by atoms with Crippen LogP contribution >= 0.6 is 0 Å². The quantitative estimate of drug-likeness (QED) is 0.0324. The molecule has 0 heterocycles. The van der Waals surface area contributed by atoms with Gasteiger partial charge in [0.15, 0.2) is 0 Å². The SMILES string of the molecule is CCCCCCCCCCCCCCCC/C=C/C(O)C(CO)NC(=O)CCCCCC/C=C\CCCCOC(=O)CCCCCCCCCCCCCCC. The lowest BCUT2D eigenvalue weighted by molar-refractivity contribution is -0.143. The van der Waals surface area contributed by atoms with Gasteiger partial charge in [-0.2, -0.15) is 0 Å². The smallest absolute Gasteiger partial charge is 0.305 e. The van der Waals surface area contributed by atoms with E-state index in [0.717, 1.165) is 77.0 Å². The normalized spacial score (nSPS) is 12.9. The summed E-state index contributed by atoms with van der Waals surface area (Å²) in [6.45, 7) is 4.81. The molecule has 1 amide bonds. The number of aliphatic hydroxyl groups excluding tert-OH is 2. The van der Waals surface area contributed by atoms with Gasteiger partial charge in [-0.1, -0.05) is 212 Å². The average Bonchev–Trinajstić information content (AvgIpc) is 3.20. The summed E-state index contributed by atoms with van der Waals surface area (Å²) in [7, 11) is 0. The van der Waals surface area contributed by atoms with Crippen molar-refractivity contribution in [2.24, 2.45) is 0 Å². The van der Waals surface area contributed by atoms with Gasteiger partial charge in [0.1, 0.15) is 0 Å². The van der Waals surface area contributed by atoms with E-state index in [0.29, 0.717) is 19.4 Å². The van der Waals surface area contributed by atoms with Gasteiger partial charge in [-0.3, -0.25) is 9.59 Å². The molecule has 0 aromatic carbocycles. The minimum Gasteiger partial charge on any atom is -0.466 e. The Morgan fingerprint density at radius 1 is 0.482 bits per heavy atom. The number of hydrogen-bond donors (Lipinski definition) is 3. The van der Waals surface area contributed by atoms with Crippen LogP contribution in [0.25, 0.3) is 0 Å². The number of carbonyl (C=O) groups is 2. The average molecular weight is 790 g/mol. The van der Waals surface area contributed by atoms with E-state index in [1.807, 2.05) is 6.08 Å². The zero-order chi connectivity index (χ0) is 40.8. The second-order valence-electron chi connectivity index (χ2n) is 16.8. The Balaban J connectivity index is 3.57. The minimum absolute atomic E-state index is 0.0372. The summed E-state index contributed by atoms with van der Waals surface area (Å²) in [5.41, 5.74) is 0. The molecule has 2 atom stereocenters. The zero-order valence-corrected chi connectivity index (χ0v) is 37.4. The van der Waals surface area contributed by atoms with E-state index in [2.05, 4.69) is 31.3 Å². The summed E-state index contributed by atoms with van der Waals surface area (Å²) < 4.78 is 5.42. The third kappa shape index (κ3) is 42.0. The van der Waals surface area contributed by atoms with Crippen LogP contribution < -0.4 is 5.32 Å². The number of ether oxygens (including phenoxy) is 1. The number of unbranched alkanes of at least 4 members (excludes halogenated alkanes) is 32. The van der Waals surface area contributed by atoms with Crippen LogP contribution in [0.2, 0.25) is 0 Å². The van der Waals surface area contributed by atoms with E-state index in [1.54, 1.807) is 6.08 Å². The molecule has 6 nitrogen and oxygen atoms in total. The summed E-state index contributed by atoms with van der Waals surface area (Å²) in [6.07, 6.45) is 53.1. The highest BCUT2D eigenvalue weighted by Gasteiger charge is 2.18. The Labute approximate surface area is 348 Å². The fraction of sp³-hybridized carbons (Fsp3) is 0.880. The first-order chi connectivity index (χ1) is 27.5. The maximum absolute atomic E-state index is 12.4. The molecule has 0 aromatic rings. The highest BCUT2D eigenvalue weighted by Crippen LogP contribution is 2.15. The number of nitrogens with one attached hydrogen (secondary N) is 1. The molecule has 0 radical (unpaired) electrons. The molecule has 3 N–H and O–H groups in total. The third-order valence-electron chi connectivity index (χ3n) is 11.2. The van der Waals surface area contributed by atoms with Crippen LogP contribution in [0.1, 0.15) is 258 Å². The minimum atomic E-state index is -0.865. The standard InChI is InChI=1S/C50H95NO5/c1-3-5-7-9-11-13-15-17-18-19-21-22-26-30-34-38-42-48(53)47(46-52)51-49(54)43-39-35-31-27-24-25-29-33-37-41-45-56-50(55)44-40-36-32-28-23-20-16-14-12-10-8-6-4-2/h25,29,38,42,47-48,52-53H,3-24,26-28,30-37,39-41,43-46H2,1-2H3,(H,51,54)/b29-25-,42-38+. The van der Waals surface area contributed by atoms with Crippen LogP contribution in [0.3, 0.4) is 0 Å². The summed E-state index contributed by atoms with van der Waals surface area (Å²) in [5.74, 6) is -0.140. The number of carbonyl (C=O) groups excluding carboxylic acids is 2. The van der Waals surface area contributed by atoms with Crippen molar-refractivity contribution >= 4 is 11.9 Å². The van der Waals surface area contributed by atoms with E-state index in [-0.39, 0.29) is 18.5 Å². The second-order valence-corrected chi connectivity index (χ2v) is 16.8. The maximum atomic E-state index is 12.4. The Kier molecular flexibility index (Phi) is 44.7. The van der Waals surface area contributed by atoms with E-state index >= 15 is 0 Å². The second kappa shape index (κ2) is 46.0. The van der Waals surface area contributed by atoms with Gasteiger partial charge in [-0.05, 0) is 57.8 Å². The predicted molar refractivity (Wildman–Crippen MR) is 241 cm³/mol. The number of amides is 1. The number of aliphatic hydroxyl groups is 2. The van der Waals surface area contributed by atoms with Crippen molar-refractivity contribution in [1.82, 2.24) is 5.32 Å². The third-order valence-corrected chi connectivity index (χ3v) is 11.2. The molecule has 0 spiro atoms. The van der Waals surface area contributed by atoms with E-state index in [4.69, 9.17) is 4.74 Å². The van der Waals surface area contributed by atoms with Crippen molar-refractivity contribution in [2.45, 2.75) is 270 Å². The van der Waals surface area contributed by atoms with Gasteiger partial charge in [0.2, 0.25) is 5.91 Å². The molecule has 56 heavy (non-hydrogen) atoms. The number of rotatable bonds is 45. The van der Waals surface area contributed by atoms with Gasteiger partial charge in [-0.15, -0.1) is 0 Å². The molecule has 0 saturated heterocycles. The zero-order valence-electron chi connectivity index (χ0n) is 37.4. The topological polar surface area (TPSA) is 95.9 Å². The summed E-state index contributed by atoms with van der Waals surface area (Å²) in [4.78, 5) is 24.4. The van der Waals surface area contributed by atoms with Gasteiger partial charge in [-0.25, -0.2) is 0 Å². The molecule has 6 heteroatoms. The summed E-state index contributed by atoms with van der Waals surface area (Å²) >= 11 is 0. The van der Waals surface area contributed by atoms with E-state index < -0.39 is 12.1 Å². The van der Waals surface area contributed by atoms with Crippen molar-refractivity contribution < 1.29 is 24.5 Å². The van der Waals surface area contributed by atoms with E-state index in [1.165, 1.54) is 154 Å². The lowest BCUT2D eigenvalue weighted by Gasteiger charge is -2.20. The van der Waals surface area contributed by atoms with Crippen molar-refractivity contribution in [1.29, 1.82) is 0 Å². The van der Waals surface area contributed by atoms with Gasteiger partial charge in [0.05, 0.1) is 25.4 Å². The lowest BCUT2D eigenvalue weighted by atomic mass is 10.0. The summed E-state index contributed by atoms with van der Waals surface area (Å²) in [6, 6.07) is -0.652. The van der Waals surface area contributed by atoms with Gasteiger partial charge in [0, 0.05) is 12.8 Å². The molecule has 0 aromatic heterocycles. The Bertz CT molecular complexity index is 874. The molecule has 2 unspecified atom stereocenters. The molecule has 0 bridgehead atoms. The molecular weight excluding hydrogens is 695 g/mol. The summed E-state index contributed by atoms with van der Waals surface area (Å²) in [5, 5.41) is 23.0. The van der Waals surface area contributed by atoms with Crippen LogP contribution in [0.5, 0.6) is 0 Å². The Morgan fingerprint density at radius 3 is 1.27 bits per heavy atom. The Morgan fingerprint density at radius 2 is 0.839 bits per heavy atom. The van der Waals surface area contributed by atoms with Crippen molar-refractivity contribution in [3.63, 3.8) is 0 Å². The first-order valence-corrected chi connectivity index (χ1v) is 24.6. The molecule has 0 saturated carbocycles. The molecular formula is C50H95NO5. The highest BCUT2D eigenvalue weighted by molar-refractivity contribution is 5.76. The first kappa shape index (κ1) is 54.3. The Hall–Kier alpha value is -1.66. The van der Waals surface area contributed by atoms with E-state index in [9.17, 15) is 19.8 Å². The number of allylic oxidation sites excluding steroid dienone is 3. The van der Waals surface area contributed by atoms with Gasteiger partial charge < -0.3 is 20.3 Å². The first-order valence-electron chi connectivity index (χ1n) is 24.6.